The third-order valence-corrected chi connectivity index (χ3v) is 8.59. The van der Waals surface area contributed by atoms with E-state index in [2.05, 4.69) is 29.4 Å². The lowest BCUT2D eigenvalue weighted by Crippen LogP contribution is -2.04. The first-order valence-corrected chi connectivity index (χ1v) is 16.4. The normalized spacial score (nSPS) is 10.9. The van der Waals surface area contributed by atoms with Gasteiger partial charge in [0.25, 0.3) is 0 Å². The molecular weight excluding hydrogens is 620 g/mol. The molecule has 2 heterocycles. The van der Waals surface area contributed by atoms with Gasteiger partial charge < -0.3 is 5.11 Å². The molecule has 2 aromatic heterocycles. The number of benzene rings is 6. The standard InChI is InChI=1S/C22H18N2O.C21H16N2O2/c1-16(25)19-13-8-14-20-21(19)23-24(15-17-9-4-2-5-10-17)22(20)18-11-6-3-7-12-18;24-21(25)18-13-7-12-17-19(18)22-23(14-15-8-3-1-4-9-15)20(17)16-10-5-2-6-11-16/h2-14H,15H2,1H3;1-13H,14H2,(H,24,25). The van der Waals surface area contributed by atoms with E-state index >= 15 is 0 Å². The molecule has 0 spiro atoms. The molecule has 0 radical (unpaired) electrons. The third kappa shape index (κ3) is 6.57. The van der Waals surface area contributed by atoms with Crippen LogP contribution in [0.25, 0.3) is 44.3 Å². The number of aromatic carboxylic acids is 1. The van der Waals surface area contributed by atoms with Gasteiger partial charge in [0.1, 0.15) is 11.0 Å². The zero-order valence-corrected chi connectivity index (χ0v) is 27.5. The summed E-state index contributed by atoms with van der Waals surface area (Å²) < 4.78 is 3.89. The van der Waals surface area contributed by atoms with Crippen LogP contribution in [0.2, 0.25) is 0 Å². The third-order valence-electron chi connectivity index (χ3n) is 8.59. The van der Waals surface area contributed by atoms with Crippen molar-refractivity contribution in [1.29, 1.82) is 0 Å². The summed E-state index contributed by atoms with van der Waals surface area (Å²) in [5.74, 6) is -0.927. The Hall–Kier alpha value is -6.60. The van der Waals surface area contributed by atoms with Gasteiger partial charge in [-0.25, -0.2) is 4.79 Å². The Balaban J connectivity index is 0.000000157. The summed E-state index contributed by atoms with van der Waals surface area (Å²) in [6.45, 7) is 2.84. The number of carbonyl (C=O) groups is 2. The van der Waals surface area contributed by atoms with E-state index in [1.807, 2.05) is 131 Å². The van der Waals surface area contributed by atoms with Crippen molar-refractivity contribution in [2.75, 3.05) is 0 Å². The lowest BCUT2D eigenvalue weighted by Gasteiger charge is -2.08. The van der Waals surface area contributed by atoms with Crippen LogP contribution >= 0.6 is 0 Å². The number of carboxylic acid groups (broad SMARTS) is 1. The highest BCUT2D eigenvalue weighted by molar-refractivity contribution is 6.09. The molecule has 0 aliphatic rings. The van der Waals surface area contributed by atoms with Gasteiger partial charge in [0.05, 0.1) is 30.0 Å². The van der Waals surface area contributed by atoms with Gasteiger partial charge in [-0.15, -0.1) is 0 Å². The second-order valence-electron chi connectivity index (χ2n) is 12.0. The van der Waals surface area contributed by atoms with E-state index in [0.717, 1.165) is 44.4 Å². The summed E-state index contributed by atoms with van der Waals surface area (Å²) in [7, 11) is 0. The van der Waals surface area contributed by atoms with Gasteiger partial charge >= 0.3 is 5.97 Å². The molecule has 0 atom stereocenters. The van der Waals surface area contributed by atoms with E-state index in [-0.39, 0.29) is 11.3 Å². The fourth-order valence-electron chi connectivity index (χ4n) is 6.30. The lowest BCUT2D eigenvalue weighted by molar-refractivity contribution is 0.0698. The van der Waals surface area contributed by atoms with E-state index in [9.17, 15) is 14.7 Å². The van der Waals surface area contributed by atoms with E-state index in [4.69, 9.17) is 5.10 Å². The number of hydrogen-bond donors (Lipinski definition) is 1. The molecule has 50 heavy (non-hydrogen) atoms. The highest BCUT2D eigenvalue weighted by atomic mass is 16.4. The van der Waals surface area contributed by atoms with E-state index < -0.39 is 5.97 Å². The Morgan fingerprint density at radius 3 is 1.28 bits per heavy atom. The average molecular weight is 655 g/mol. The molecule has 8 rings (SSSR count). The summed E-state index contributed by atoms with van der Waals surface area (Å²) in [6, 6.07) is 51.6. The molecule has 0 amide bonds. The van der Waals surface area contributed by atoms with Crippen molar-refractivity contribution in [2.45, 2.75) is 20.0 Å². The number of Topliss-reactive ketones (excluding diaryl/α,β-unsaturated/α-hetero) is 1. The van der Waals surface area contributed by atoms with Crippen LogP contribution in [0, 0.1) is 0 Å². The Morgan fingerprint density at radius 2 is 0.880 bits per heavy atom. The molecule has 244 valence electrons. The molecule has 6 aromatic carbocycles. The Morgan fingerprint density at radius 1 is 0.500 bits per heavy atom. The van der Waals surface area contributed by atoms with Gasteiger partial charge in [-0.2, -0.15) is 10.2 Å². The van der Waals surface area contributed by atoms with E-state index in [1.54, 1.807) is 19.1 Å². The molecule has 8 aromatic rings. The highest BCUT2D eigenvalue weighted by Gasteiger charge is 2.19. The molecule has 0 bridgehead atoms. The predicted molar refractivity (Wildman–Crippen MR) is 198 cm³/mol. The number of carboxylic acids is 1. The van der Waals surface area contributed by atoms with Gasteiger partial charge in [0, 0.05) is 27.5 Å². The topological polar surface area (TPSA) is 90.0 Å². The van der Waals surface area contributed by atoms with Crippen molar-refractivity contribution in [3.8, 4) is 22.5 Å². The van der Waals surface area contributed by atoms with Crippen LogP contribution < -0.4 is 0 Å². The van der Waals surface area contributed by atoms with Crippen molar-refractivity contribution in [3.63, 3.8) is 0 Å². The van der Waals surface area contributed by atoms with Crippen LogP contribution in [0.4, 0.5) is 0 Å². The molecule has 7 heteroatoms. The number of rotatable bonds is 8. The minimum atomic E-state index is -0.963. The fourth-order valence-corrected chi connectivity index (χ4v) is 6.30. The first kappa shape index (κ1) is 32.0. The largest absolute Gasteiger partial charge is 0.478 e. The maximum atomic E-state index is 12.0. The zero-order chi connectivity index (χ0) is 34.5. The second-order valence-corrected chi connectivity index (χ2v) is 12.0. The lowest BCUT2D eigenvalue weighted by atomic mass is 10.0. The molecule has 7 nitrogen and oxygen atoms in total. The molecule has 1 N–H and O–H groups in total. The van der Waals surface area contributed by atoms with Crippen molar-refractivity contribution in [1.82, 2.24) is 19.6 Å². The molecule has 0 aliphatic carbocycles. The maximum Gasteiger partial charge on any atom is 0.337 e. The van der Waals surface area contributed by atoms with Gasteiger partial charge in [0.15, 0.2) is 5.78 Å². The average Bonchev–Trinajstić information content (AvgIpc) is 3.70. The smallest absolute Gasteiger partial charge is 0.337 e. The first-order chi connectivity index (χ1) is 24.5. The summed E-state index contributed by atoms with van der Waals surface area (Å²) in [6.07, 6.45) is 0. The number of ketones is 1. The highest BCUT2D eigenvalue weighted by Crippen LogP contribution is 2.32. The van der Waals surface area contributed by atoms with Gasteiger partial charge in [-0.1, -0.05) is 146 Å². The Kier molecular flexibility index (Phi) is 9.12. The first-order valence-electron chi connectivity index (χ1n) is 16.4. The minimum Gasteiger partial charge on any atom is -0.478 e. The van der Waals surface area contributed by atoms with Crippen LogP contribution in [-0.4, -0.2) is 36.4 Å². The monoisotopic (exact) mass is 654 g/mol. The number of carbonyl (C=O) groups excluding carboxylic acids is 1. The van der Waals surface area contributed by atoms with Crippen LogP contribution in [0.5, 0.6) is 0 Å². The van der Waals surface area contributed by atoms with E-state index in [0.29, 0.717) is 24.2 Å². The van der Waals surface area contributed by atoms with Crippen molar-refractivity contribution >= 4 is 33.6 Å². The molecule has 0 aliphatic heterocycles. The predicted octanol–water partition coefficient (Wildman–Crippen LogP) is 9.40. The fraction of sp³-hybridized carbons (Fsp3) is 0.0698. The van der Waals surface area contributed by atoms with Crippen LogP contribution in [0.15, 0.2) is 158 Å². The van der Waals surface area contributed by atoms with Crippen LogP contribution in [-0.2, 0) is 13.1 Å². The summed E-state index contributed by atoms with van der Waals surface area (Å²) in [4.78, 5) is 23.6. The molecule has 0 saturated carbocycles. The summed E-state index contributed by atoms with van der Waals surface area (Å²) in [5.41, 5.74) is 8.56. The van der Waals surface area contributed by atoms with Crippen molar-refractivity contribution in [3.05, 3.63) is 180 Å². The van der Waals surface area contributed by atoms with Crippen LogP contribution in [0.1, 0.15) is 38.8 Å². The van der Waals surface area contributed by atoms with Gasteiger partial charge in [-0.3, -0.25) is 14.2 Å². The maximum absolute atomic E-state index is 12.0. The van der Waals surface area contributed by atoms with Crippen molar-refractivity contribution in [2.24, 2.45) is 0 Å². The molecule has 0 unspecified atom stereocenters. The second kappa shape index (κ2) is 14.3. The quantitative estimate of drug-likeness (QED) is 0.165. The summed E-state index contributed by atoms with van der Waals surface area (Å²) in [5, 5.41) is 20.8. The minimum absolute atomic E-state index is 0.0366. The molecule has 0 saturated heterocycles. The number of hydrogen-bond acceptors (Lipinski definition) is 4. The number of fused-ring (bicyclic) bond motifs is 2. The zero-order valence-electron chi connectivity index (χ0n) is 27.5. The Bertz CT molecular complexity index is 2240. The van der Waals surface area contributed by atoms with Gasteiger partial charge in [0.2, 0.25) is 0 Å². The molecular formula is C43H34N4O3. The Labute approximate surface area is 289 Å². The SMILES string of the molecule is CC(=O)c1cccc2c(-c3ccccc3)n(Cc3ccccc3)nc12.O=C(O)c1cccc2c(-c3ccccc3)n(Cc3ccccc3)nc12. The number of nitrogens with zero attached hydrogens (tertiary/aromatic N) is 4. The number of aromatic nitrogens is 4. The van der Waals surface area contributed by atoms with Crippen molar-refractivity contribution < 1.29 is 14.7 Å². The summed E-state index contributed by atoms with van der Waals surface area (Å²) >= 11 is 0. The van der Waals surface area contributed by atoms with E-state index in [1.165, 1.54) is 5.56 Å². The molecule has 0 fully saturated rings. The van der Waals surface area contributed by atoms with Gasteiger partial charge in [-0.05, 0) is 30.2 Å². The van der Waals surface area contributed by atoms with Crippen LogP contribution in [0.3, 0.4) is 0 Å².